The molecule has 1 N–H and O–H groups in total. The van der Waals surface area contributed by atoms with Crippen molar-refractivity contribution >= 4 is 11.9 Å². The number of amides is 1. The molecule has 0 saturated carbocycles. The van der Waals surface area contributed by atoms with Gasteiger partial charge in [-0.15, -0.1) is 0 Å². The number of nitrogens with zero attached hydrogens (tertiary/aromatic N) is 1. The lowest BCUT2D eigenvalue weighted by Gasteiger charge is -2.22. The van der Waals surface area contributed by atoms with Gasteiger partial charge in [-0.2, -0.15) is 0 Å². The fourth-order valence-electron chi connectivity index (χ4n) is 2.03. The average Bonchev–Trinajstić information content (AvgIpc) is 2.38. The molecule has 0 fully saturated rings. The molecule has 1 aromatic rings. The molecule has 116 valence electrons. The zero-order valence-electron chi connectivity index (χ0n) is 12.1. The van der Waals surface area contributed by atoms with Crippen LogP contribution < -0.4 is 0 Å². The van der Waals surface area contributed by atoms with Crippen LogP contribution in [-0.2, 0) is 16.1 Å². The Labute approximate surface area is 122 Å². The molecule has 0 aromatic heterocycles. The third kappa shape index (κ3) is 5.49. The lowest BCUT2D eigenvalue weighted by atomic mass is 10.0. The van der Waals surface area contributed by atoms with Gasteiger partial charge in [0.2, 0.25) is 5.91 Å². The molecule has 0 aliphatic heterocycles. The molecule has 0 aliphatic rings. The second-order valence-electron chi connectivity index (χ2n) is 5.06. The van der Waals surface area contributed by atoms with E-state index in [2.05, 4.69) is 0 Å². The summed E-state index contributed by atoms with van der Waals surface area (Å²) >= 11 is 0. The first-order valence-electron chi connectivity index (χ1n) is 6.77. The van der Waals surface area contributed by atoms with Gasteiger partial charge in [0, 0.05) is 25.9 Å². The second kappa shape index (κ2) is 7.71. The summed E-state index contributed by atoms with van der Waals surface area (Å²) < 4.78 is 26.0. The lowest BCUT2D eigenvalue weighted by Crippen LogP contribution is -2.31. The highest BCUT2D eigenvalue weighted by molar-refractivity contribution is 5.77. The third-order valence-electron chi connectivity index (χ3n) is 3.14. The van der Waals surface area contributed by atoms with Crippen LogP contribution in [0.15, 0.2) is 18.2 Å². The minimum atomic E-state index is -0.949. The quantitative estimate of drug-likeness (QED) is 0.842. The van der Waals surface area contributed by atoms with E-state index >= 15 is 0 Å². The van der Waals surface area contributed by atoms with E-state index in [0.29, 0.717) is 12.1 Å². The number of carboxylic acid groups (broad SMARTS) is 1. The lowest BCUT2D eigenvalue weighted by molar-refractivity contribution is -0.138. The fourth-order valence-corrected chi connectivity index (χ4v) is 2.03. The van der Waals surface area contributed by atoms with E-state index in [4.69, 9.17) is 5.11 Å². The molecule has 0 spiro atoms. The second-order valence-corrected chi connectivity index (χ2v) is 5.06. The number of hydrogen-bond donors (Lipinski definition) is 1. The first-order chi connectivity index (χ1) is 9.83. The molecule has 1 amide bonds. The predicted octanol–water partition coefficient (Wildman–Crippen LogP) is 2.81. The van der Waals surface area contributed by atoms with E-state index in [1.54, 1.807) is 13.8 Å². The summed E-state index contributed by atoms with van der Waals surface area (Å²) in [6, 6.07) is 3.51. The van der Waals surface area contributed by atoms with Gasteiger partial charge in [-0.05, 0) is 30.5 Å². The smallest absolute Gasteiger partial charge is 0.303 e. The highest BCUT2D eigenvalue weighted by atomic mass is 19.2. The van der Waals surface area contributed by atoms with Crippen molar-refractivity contribution < 1.29 is 23.5 Å². The fraction of sp³-hybridized carbons (Fsp3) is 0.467. The largest absolute Gasteiger partial charge is 0.481 e. The van der Waals surface area contributed by atoms with Gasteiger partial charge in [0.15, 0.2) is 11.6 Å². The Morgan fingerprint density at radius 1 is 1.24 bits per heavy atom. The highest BCUT2D eigenvalue weighted by Crippen LogP contribution is 2.14. The number of carboxylic acids is 1. The van der Waals surface area contributed by atoms with Gasteiger partial charge in [0.25, 0.3) is 0 Å². The molecule has 1 unspecified atom stereocenters. The topological polar surface area (TPSA) is 57.6 Å². The normalized spacial score (nSPS) is 12.0. The van der Waals surface area contributed by atoms with Crippen LogP contribution in [-0.4, -0.2) is 28.4 Å². The van der Waals surface area contributed by atoms with Gasteiger partial charge < -0.3 is 10.0 Å². The van der Waals surface area contributed by atoms with Crippen LogP contribution >= 0.6 is 0 Å². The number of carbonyl (C=O) groups is 2. The highest BCUT2D eigenvalue weighted by Gasteiger charge is 2.18. The van der Waals surface area contributed by atoms with Crippen molar-refractivity contribution in [2.45, 2.75) is 33.2 Å². The molecule has 1 aromatic carbocycles. The van der Waals surface area contributed by atoms with Gasteiger partial charge in [-0.25, -0.2) is 8.78 Å². The Bertz CT molecular complexity index is 520. The molecular formula is C15H19F2NO3. The predicted molar refractivity (Wildman–Crippen MR) is 73.5 cm³/mol. The molecule has 0 bridgehead atoms. The Morgan fingerprint density at radius 2 is 1.90 bits per heavy atom. The van der Waals surface area contributed by atoms with Crippen LogP contribution in [0.2, 0.25) is 0 Å². The van der Waals surface area contributed by atoms with E-state index in [-0.39, 0.29) is 31.2 Å². The summed E-state index contributed by atoms with van der Waals surface area (Å²) in [6.45, 7) is 4.06. The summed E-state index contributed by atoms with van der Waals surface area (Å²) in [7, 11) is 0. The standard InChI is InChI=1S/C15H19F2NO3/c1-3-18(14(19)6-10(2)7-15(20)21)9-11-4-5-12(16)13(17)8-11/h4-5,8,10H,3,6-7,9H2,1-2H3,(H,20,21). The maximum Gasteiger partial charge on any atom is 0.303 e. The summed E-state index contributed by atoms with van der Waals surface area (Å²) in [6.07, 6.45) is 0.0400. The van der Waals surface area contributed by atoms with E-state index in [0.717, 1.165) is 12.1 Å². The van der Waals surface area contributed by atoms with Crippen LogP contribution in [0.3, 0.4) is 0 Å². The molecule has 4 nitrogen and oxygen atoms in total. The molecule has 1 rings (SSSR count). The van der Waals surface area contributed by atoms with Crippen LogP contribution in [0.25, 0.3) is 0 Å². The van der Waals surface area contributed by atoms with Gasteiger partial charge in [-0.3, -0.25) is 9.59 Å². The van der Waals surface area contributed by atoms with Crippen LogP contribution in [0.5, 0.6) is 0 Å². The monoisotopic (exact) mass is 299 g/mol. The molecule has 0 radical (unpaired) electrons. The van der Waals surface area contributed by atoms with Crippen molar-refractivity contribution in [1.29, 1.82) is 0 Å². The first-order valence-corrected chi connectivity index (χ1v) is 6.77. The van der Waals surface area contributed by atoms with Crippen molar-refractivity contribution in [1.82, 2.24) is 4.90 Å². The molecule has 1 atom stereocenters. The van der Waals surface area contributed by atoms with Crippen molar-refractivity contribution in [3.63, 3.8) is 0 Å². The van der Waals surface area contributed by atoms with Gasteiger partial charge in [0.05, 0.1) is 0 Å². The van der Waals surface area contributed by atoms with Crippen molar-refractivity contribution in [3.05, 3.63) is 35.4 Å². The number of benzene rings is 1. The van der Waals surface area contributed by atoms with Crippen molar-refractivity contribution in [2.24, 2.45) is 5.92 Å². The number of aliphatic carboxylic acids is 1. The number of hydrogen-bond acceptors (Lipinski definition) is 2. The summed E-state index contributed by atoms with van der Waals surface area (Å²) in [4.78, 5) is 24.2. The minimum Gasteiger partial charge on any atom is -0.481 e. The maximum atomic E-state index is 13.1. The Morgan fingerprint density at radius 3 is 2.43 bits per heavy atom. The molecule has 0 aliphatic carbocycles. The maximum absolute atomic E-state index is 13.1. The molecule has 0 heterocycles. The van der Waals surface area contributed by atoms with Crippen LogP contribution in [0.4, 0.5) is 8.78 Å². The Hall–Kier alpha value is -1.98. The average molecular weight is 299 g/mol. The van der Waals surface area contributed by atoms with E-state index in [9.17, 15) is 18.4 Å². The van der Waals surface area contributed by atoms with E-state index < -0.39 is 17.6 Å². The Balaban J connectivity index is 2.67. The van der Waals surface area contributed by atoms with Gasteiger partial charge in [-0.1, -0.05) is 13.0 Å². The molecule has 6 heteroatoms. The van der Waals surface area contributed by atoms with Crippen LogP contribution in [0, 0.1) is 17.6 Å². The third-order valence-corrected chi connectivity index (χ3v) is 3.14. The molecule has 0 saturated heterocycles. The number of halogens is 2. The zero-order valence-corrected chi connectivity index (χ0v) is 12.1. The van der Waals surface area contributed by atoms with Crippen molar-refractivity contribution in [3.8, 4) is 0 Å². The summed E-state index contributed by atoms with van der Waals surface area (Å²) in [5.74, 6) is -3.29. The van der Waals surface area contributed by atoms with Gasteiger partial charge >= 0.3 is 5.97 Å². The zero-order chi connectivity index (χ0) is 16.0. The summed E-state index contributed by atoms with van der Waals surface area (Å²) in [5, 5.41) is 8.68. The van der Waals surface area contributed by atoms with Crippen molar-refractivity contribution in [2.75, 3.05) is 6.54 Å². The SMILES string of the molecule is CCN(Cc1ccc(F)c(F)c1)C(=O)CC(C)CC(=O)O. The van der Waals surface area contributed by atoms with Gasteiger partial charge in [0.1, 0.15) is 0 Å². The van der Waals surface area contributed by atoms with Crippen LogP contribution in [0.1, 0.15) is 32.3 Å². The number of rotatable bonds is 7. The van der Waals surface area contributed by atoms with E-state index in [1.807, 2.05) is 0 Å². The molecular weight excluding hydrogens is 280 g/mol. The Kier molecular flexibility index (Phi) is 6.27. The number of carbonyl (C=O) groups excluding carboxylic acids is 1. The minimum absolute atomic E-state index is 0.0749. The summed E-state index contributed by atoms with van der Waals surface area (Å²) in [5.41, 5.74) is 0.495. The van der Waals surface area contributed by atoms with E-state index in [1.165, 1.54) is 11.0 Å². The first kappa shape index (κ1) is 17.1. The molecule has 21 heavy (non-hydrogen) atoms.